The van der Waals surface area contributed by atoms with Crippen LogP contribution in [0.2, 0.25) is 0 Å². The number of ether oxygens (including phenoxy) is 1. The topological polar surface area (TPSA) is 56.1 Å². The van der Waals surface area contributed by atoms with Gasteiger partial charge in [0.2, 0.25) is 0 Å². The number of esters is 1. The first-order chi connectivity index (χ1) is 8.06. The van der Waals surface area contributed by atoms with E-state index in [-0.39, 0.29) is 11.9 Å². The lowest BCUT2D eigenvalue weighted by Crippen LogP contribution is -2.27. The van der Waals surface area contributed by atoms with Gasteiger partial charge in [-0.2, -0.15) is 5.10 Å². The summed E-state index contributed by atoms with van der Waals surface area (Å²) >= 11 is 0. The summed E-state index contributed by atoms with van der Waals surface area (Å²) in [4.78, 5) is 11.4. The normalized spacial score (nSPS) is 12.5. The van der Waals surface area contributed by atoms with E-state index in [1.165, 1.54) is 0 Å². The summed E-state index contributed by atoms with van der Waals surface area (Å²) in [7, 11) is 1.92. The zero-order valence-electron chi connectivity index (χ0n) is 11.0. The van der Waals surface area contributed by atoms with Crippen LogP contribution in [0.15, 0.2) is 6.20 Å². The minimum Gasteiger partial charge on any atom is -0.466 e. The third-order valence-corrected chi connectivity index (χ3v) is 2.79. The fourth-order valence-corrected chi connectivity index (χ4v) is 1.51. The van der Waals surface area contributed by atoms with Crippen molar-refractivity contribution in [1.29, 1.82) is 0 Å². The first kappa shape index (κ1) is 13.7. The standard InChI is InChI=1S/C12H21N3O2/c1-5-17-12(16)9(2)6-13-7-11-8-14-15(4)10(11)3/h8-9,13H,5-7H2,1-4H3. The van der Waals surface area contributed by atoms with Crippen LogP contribution >= 0.6 is 0 Å². The molecule has 0 saturated heterocycles. The van der Waals surface area contributed by atoms with Crippen LogP contribution in [0.5, 0.6) is 0 Å². The maximum atomic E-state index is 11.4. The molecule has 5 heteroatoms. The van der Waals surface area contributed by atoms with Gasteiger partial charge in [-0.3, -0.25) is 9.48 Å². The molecule has 0 aliphatic rings. The van der Waals surface area contributed by atoms with Gasteiger partial charge in [0, 0.05) is 31.4 Å². The van der Waals surface area contributed by atoms with Crippen LogP contribution < -0.4 is 5.32 Å². The smallest absolute Gasteiger partial charge is 0.309 e. The van der Waals surface area contributed by atoms with Gasteiger partial charge >= 0.3 is 5.97 Å². The summed E-state index contributed by atoms with van der Waals surface area (Å²) in [6, 6.07) is 0. The number of hydrogen-bond donors (Lipinski definition) is 1. The maximum absolute atomic E-state index is 11.4. The maximum Gasteiger partial charge on any atom is 0.309 e. The Morgan fingerprint density at radius 2 is 2.35 bits per heavy atom. The van der Waals surface area contributed by atoms with Crippen LogP contribution in [0.1, 0.15) is 25.1 Å². The zero-order chi connectivity index (χ0) is 12.8. The van der Waals surface area contributed by atoms with Crippen molar-refractivity contribution in [2.24, 2.45) is 13.0 Å². The number of nitrogens with one attached hydrogen (secondary N) is 1. The molecule has 1 aromatic heterocycles. The minimum absolute atomic E-state index is 0.119. The number of carbonyl (C=O) groups is 1. The van der Waals surface area contributed by atoms with E-state index in [4.69, 9.17) is 4.74 Å². The van der Waals surface area contributed by atoms with E-state index in [1.54, 1.807) is 0 Å². The second-order valence-corrected chi connectivity index (χ2v) is 4.16. The molecular formula is C12H21N3O2. The summed E-state index contributed by atoms with van der Waals surface area (Å²) in [5.41, 5.74) is 2.30. The van der Waals surface area contributed by atoms with Gasteiger partial charge in [0.05, 0.1) is 18.7 Å². The van der Waals surface area contributed by atoms with Gasteiger partial charge in [-0.15, -0.1) is 0 Å². The Bertz CT molecular complexity index is 374. The highest BCUT2D eigenvalue weighted by Gasteiger charge is 2.13. The first-order valence-corrected chi connectivity index (χ1v) is 5.91. The van der Waals surface area contributed by atoms with E-state index in [0.29, 0.717) is 13.2 Å². The van der Waals surface area contributed by atoms with Gasteiger partial charge in [-0.1, -0.05) is 6.92 Å². The highest BCUT2D eigenvalue weighted by Crippen LogP contribution is 2.05. The van der Waals surface area contributed by atoms with Crippen molar-refractivity contribution < 1.29 is 9.53 Å². The summed E-state index contributed by atoms with van der Waals surface area (Å²) < 4.78 is 6.78. The molecule has 1 rings (SSSR count). The Balaban J connectivity index is 2.33. The second-order valence-electron chi connectivity index (χ2n) is 4.16. The van der Waals surface area contributed by atoms with Gasteiger partial charge in [-0.25, -0.2) is 0 Å². The van der Waals surface area contributed by atoms with E-state index >= 15 is 0 Å². The van der Waals surface area contributed by atoms with Crippen molar-refractivity contribution in [3.05, 3.63) is 17.5 Å². The SMILES string of the molecule is CCOC(=O)C(C)CNCc1cnn(C)c1C. The molecule has 0 saturated carbocycles. The molecule has 1 aromatic rings. The lowest BCUT2D eigenvalue weighted by atomic mass is 10.2. The van der Waals surface area contributed by atoms with Crippen LogP contribution in [0.4, 0.5) is 0 Å². The first-order valence-electron chi connectivity index (χ1n) is 5.91. The molecule has 0 amide bonds. The van der Waals surface area contributed by atoms with Crippen molar-refractivity contribution >= 4 is 5.97 Å². The van der Waals surface area contributed by atoms with Crippen molar-refractivity contribution in [3.8, 4) is 0 Å². The van der Waals surface area contributed by atoms with E-state index in [0.717, 1.165) is 17.8 Å². The molecule has 17 heavy (non-hydrogen) atoms. The van der Waals surface area contributed by atoms with E-state index in [1.807, 2.05) is 38.7 Å². The third-order valence-electron chi connectivity index (χ3n) is 2.79. The van der Waals surface area contributed by atoms with Crippen LogP contribution in [-0.2, 0) is 23.1 Å². The summed E-state index contributed by atoms with van der Waals surface area (Å²) in [5.74, 6) is -0.269. The van der Waals surface area contributed by atoms with Gasteiger partial charge in [0.25, 0.3) is 0 Å². The molecule has 1 unspecified atom stereocenters. The van der Waals surface area contributed by atoms with E-state index in [2.05, 4.69) is 10.4 Å². The molecule has 5 nitrogen and oxygen atoms in total. The molecule has 0 spiro atoms. The fraction of sp³-hybridized carbons (Fsp3) is 0.667. The molecule has 1 N–H and O–H groups in total. The summed E-state index contributed by atoms with van der Waals surface area (Å²) in [6.45, 7) is 7.48. The highest BCUT2D eigenvalue weighted by atomic mass is 16.5. The number of aromatic nitrogens is 2. The summed E-state index contributed by atoms with van der Waals surface area (Å²) in [6.07, 6.45) is 1.84. The van der Waals surface area contributed by atoms with Gasteiger partial charge in [0.15, 0.2) is 0 Å². The predicted molar refractivity (Wildman–Crippen MR) is 65.4 cm³/mol. The molecular weight excluding hydrogens is 218 g/mol. The summed E-state index contributed by atoms with van der Waals surface area (Å²) in [5, 5.41) is 7.40. The van der Waals surface area contributed by atoms with Crippen molar-refractivity contribution in [2.45, 2.75) is 27.3 Å². The molecule has 1 atom stereocenters. The lowest BCUT2D eigenvalue weighted by molar-refractivity contribution is -0.147. The van der Waals surface area contributed by atoms with Crippen molar-refractivity contribution in [2.75, 3.05) is 13.2 Å². The van der Waals surface area contributed by atoms with E-state index in [9.17, 15) is 4.79 Å². The predicted octanol–water partition coefficient (Wildman–Crippen LogP) is 1.02. The van der Waals surface area contributed by atoms with Gasteiger partial charge < -0.3 is 10.1 Å². The molecule has 96 valence electrons. The number of carbonyl (C=O) groups excluding carboxylic acids is 1. The third kappa shape index (κ3) is 3.85. The van der Waals surface area contributed by atoms with Crippen molar-refractivity contribution in [3.63, 3.8) is 0 Å². The average Bonchev–Trinajstić information content (AvgIpc) is 2.61. The van der Waals surface area contributed by atoms with Gasteiger partial charge in [-0.05, 0) is 13.8 Å². The molecule has 0 aliphatic heterocycles. The van der Waals surface area contributed by atoms with Crippen LogP contribution in [-0.4, -0.2) is 28.9 Å². The molecule has 0 aromatic carbocycles. The Kier molecular flexibility index (Phi) is 5.15. The number of hydrogen-bond acceptors (Lipinski definition) is 4. The highest BCUT2D eigenvalue weighted by molar-refractivity contribution is 5.72. The molecule has 0 fully saturated rings. The fourth-order valence-electron chi connectivity index (χ4n) is 1.51. The molecule has 0 radical (unpaired) electrons. The molecule has 0 bridgehead atoms. The minimum atomic E-state index is -0.150. The lowest BCUT2D eigenvalue weighted by Gasteiger charge is -2.11. The Hall–Kier alpha value is -1.36. The van der Waals surface area contributed by atoms with Crippen LogP contribution in [0, 0.1) is 12.8 Å². The quantitative estimate of drug-likeness (QED) is 0.753. The zero-order valence-corrected chi connectivity index (χ0v) is 11.0. The number of rotatable bonds is 6. The van der Waals surface area contributed by atoms with Gasteiger partial charge in [0.1, 0.15) is 0 Å². The molecule has 0 aliphatic carbocycles. The Morgan fingerprint density at radius 1 is 1.65 bits per heavy atom. The Labute approximate surface area is 102 Å². The number of nitrogens with zero attached hydrogens (tertiary/aromatic N) is 2. The van der Waals surface area contributed by atoms with Crippen molar-refractivity contribution in [1.82, 2.24) is 15.1 Å². The van der Waals surface area contributed by atoms with E-state index < -0.39 is 0 Å². The van der Waals surface area contributed by atoms with Crippen LogP contribution in [0.3, 0.4) is 0 Å². The number of aryl methyl sites for hydroxylation is 1. The van der Waals surface area contributed by atoms with Crippen LogP contribution in [0.25, 0.3) is 0 Å². The largest absolute Gasteiger partial charge is 0.466 e. The Morgan fingerprint density at radius 3 is 2.88 bits per heavy atom. The molecule has 1 heterocycles. The second kappa shape index (κ2) is 6.39. The monoisotopic (exact) mass is 239 g/mol. The average molecular weight is 239 g/mol.